The lowest BCUT2D eigenvalue weighted by Gasteiger charge is -2.13. The smallest absolute Gasteiger partial charge is 0.308 e. The summed E-state index contributed by atoms with van der Waals surface area (Å²) in [4.78, 5) is 23.2. The Morgan fingerprint density at radius 3 is 2.20 bits per heavy atom. The summed E-state index contributed by atoms with van der Waals surface area (Å²) in [5, 5.41) is 11.7. The number of carboxylic acid groups (broad SMARTS) is 1. The summed E-state index contributed by atoms with van der Waals surface area (Å²) in [6.45, 7) is 6.05. The average Bonchev–Trinajstić information content (AvgIpc) is 2.56. The maximum Gasteiger partial charge on any atom is 0.308 e. The Morgan fingerprint density at radius 1 is 1.12 bits per heavy atom. The predicted molar refractivity (Wildman–Crippen MR) is 94.8 cm³/mol. The summed E-state index contributed by atoms with van der Waals surface area (Å²) in [7, 11) is -3.60. The molecule has 0 radical (unpaired) electrons. The van der Waals surface area contributed by atoms with Crippen LogP contribution in [-0.4, -0.2) is 38.5 Å². The Bertz CT molecular complexity index is 683. The molecular weight excluding hydrogens is 344 g/mol. The van der Waals surface area contributed by atoms with E-state index in [-0.39, 0.29) is 22.9 Å². The first-order chi connectivity index (χ1) is 11.7. The minimum Gasteiger partial charge on any atom is -0.481 e. The number of benzene rings is 1. The lowest BCUT2D eigenvalue weighted by molar-refractivity contribution is -0.141. The van der Waals surface area contributed by atoms with Gasteiger partial charge in [-0.25, -0.2) is 13.1 Å². The van der Waals surface area contributed by atoms with Gasteiger partial charge in [-0.1, -0.05) is 27.2 Å². The lowest BCUT2D eigenvalue weighted by Crippen LogP contribution is -2.33. The van der Waals surface area contributed by atoms with Crippen LogP contribution in [0.5, 0.6) is 0 Å². The second-order valence-corrected chi connectivity index (χ2v) is 8.07. The van der Waals surface area contributed by atoms with E-state index in [0.717, 1.165) is 0 Å². The number of aliphatic carboxylic acids is 1. The number of carbonyl (C=O) groups is 2. The number of carboxylic acids is 1. The summed E-state index contributed by atoms with van der Waals surface area (Å²) >= 11 is 0. The molecule has 0 bridgehead atoms. The van der Waals surface area contributed by atoms with Gasteiger partial charge in [0.05, 0.1) is 10.8 Å². The third-order valence-corrected chi connectivity index (χ3v) is 5.04. The van der Waals surface area contributed by atoms with Crippen LogP contribution in [0.15, 0.2) is 29.2 Å². The van der Waals surface area contributed by atoms with Crippen molar-refractivity contribution < 1.29 is 23.1 Å². The Morgan fingerprint density at radius 2 is 1.72 bits per heavy atom. The van der Waals surface area contributed by atoms with E-state index in [1.807, 2.05) is 20.8 Å². The van der Waals surface area contributed by atoms with E-state index in [9.17, 15) is 18.0 Å². The maximum atomic E-state index is 12.1. The Hall–Kier alpha value is -1.93. The molecule has 0 aliphatic carbocycles. The van der Waals surface area contributed by atoms with Crippen molar-refractivity contribution in [3.05, 3.63) is 29.8 Å². The van der Waals surface area contributed by atoms with Gasteiger partial charge < -0.3 is 10.4 Å². The molecule has 140 valence electrons. The molecule has 25 heavy (non-hydrogen) atoms. The van der Waals surface area contributed by atoms with Crippen molar-refractivity contribution in [3.63, 3.8) is 0 Å². The fraction of sp³-hybridized carbons (Fsp3) is 0.529. The molecule has 0 aromatic heterocycles. The van der Waals surface area contributed by atoms with Crippen LogP contribution in [0.1, 0.15) is 44.0 Å². The van der Waals surface area contributed by atoms with E-state index < -0.39 is 27.8 Å². The molecule has 8 heteroatoms. The molecule has 1 rings (SSSR count). The first-order valence-electron chi connectivity index (χ1n) is 8.28. The highest BCUT2D eigenvalue weighted by Gasteiger charge is 2.18. The van der Waals surface area contributed by atoms with Crippen molar-refractivity contribution in [2.24, 2.45) is 11.8 Å². The molecule has 0 fully saturated rings. The van der Waals surface area contributed by atoms with Crippen molar-refractivity contribution in [3.8, 4) is 0 Å². The number of sulfonamides is 1. The van der Waals surface area contributed by atoms with Crippen LogP contribution >= 0.6 is 0 Å². The number of hydrogen-bond donors (Lipinski definition) is 3. The van der Waals surface area contributed by atoms with E-state index >= 15 is 0 Å². The van der Waals surface area contributed by atoms with E-state index in [2.05, 4.69) is 10.0 Å². The molecule has 0 saturated heterocycles. The third-order valence-electron chi connectivity index (χ3n) is 3.60. The van der Waals surface area contributed by atoms with Gasteiger partial charge in [-0.3, -0.25) is 9.59 Å². The highest BCUT2D eigenvalue weighted by molar-refractivity contribution is 7.89. The van der Waals surface area contributed by atoms with Gasteiger partial charge in [0.15, 0.2) is 0 Å². The SMILES string of the molecule is CCCC(CNC(=O)c1ccc(S(=O)(=O)NCC(C)C)cc1)C(=O)O. The van der Waals surface area contributed by atoms with Crippen LogP contribution in [0.25, 0.3) is 0 Å². The van der Waals surface area contributed by atoms with Gasteiger partial charge in [-0.15, -0.1) is 0 Å². The van der Waals surface area contributed by atoms with Crippen LogP contribution in [0.4, 0.5) is 0 Å². The third kappa shape index (κ3) is 6.83. The predicted octanol–water partition coefficient (Wildman–Crippen LogP) is 1.85. The van der Waals surface area contributed by atoms with E-state index in [1.165, 1.54) is 24.3 Å². The molecule has 1 aromatic carbocycles. The summed E-state index contributed by atoms with van der Waals surface area (Å²) in [6.07, 6.45) is 1.19. The molecule has 3 N–H and O–H groups in total. The van der Waals surface area contributed by atoms with Crippen molar-refractivity contribution >= 4 is 21.9 Å². The fourth-order valence-corrected chi connectivity index (χ4v) is 3.34. The zero-order valence-electron chi connectivity index (χ0n) is 14.8. The lowest BCUT2D eigenvalue weighted by atomic mass is 10.0. The van der Waals surface area contributed by atoms with E-state index in [0.29, 0.717) is 19.4 Å². The van der Waals surface area contributed by atoms with Crippen molar-refractivity contribution in [1.82, 2.24) is 10.0 Å². The van der Waals surface area contributed by atoms with Gasteiger partial charge in [0.25, 0.3) is 5.91 Å². The van der Waals surface area contributed by atoms with Gasteiger partial charge in [0, 0.05) is 18.7 Å². The maximum absolute atomic E-state index is 12.1. The molecule has 1 aromatic rings. The first kappa shape index (κ1) is 21.1. The second kappa shape index (κ2) is 9.53. The van der Waals surface area contributed by atoms with Crippen LogP contribution in [0, 0.1) is 11.8 Å². The summed E-state index contributed by atoms with van der Waals surface area (Å²) in [6, 6.07) is 5.54. The standard InChI is InChI=1S/C17H26N2O5S/c1-4-5-14(17(21)22)11-18-16(20)13-6-8-15(9-7-13)25(23,24)19-10-12(2)3/h6-9,12,14,19H,4-5,10-11H2,1-3H3,(H,18,20)(H,21,22). The highest BCUT2D eigenvalue weighted by Crippen LogP contribution is 2.12. The minimum absolute atomic E-state index is 0.0397. The van der Waals surface area contributed by atoms with Gasteiger partial charge in [0.2, 0.25) is 10.0 Å². The number of rotatable bonds is 10. The molecular formula is C17H26N2O5S. The van der Waals surface area contributed by atoms with Gasteiger partial charge in [-0.05, 0) is 36.6 Å². The van der Waals surface area contributed by atoms with Gasteiger partial charge >= 0.3 is 5.97 Å². The quantitative estimate of drug-likeness (QED) is 0.582. The zero-order chi connectivity index (χ0) is 19.0. The van der Waals surface area contributed by atoms with Crippen LogP contribution in [0.2, 0.25) is 0 Å². The van der Waals surface area contributed by atoms with E-state index in [4.69, 9.17) is 5.11 Å². The second-order valence-electron chi connectivity index (χ2n) is 6.30. The first-order valence-corrected chi connectivity index (χ1v) is 9.76. The summed E-state index contributed by atoms with van der Waals surface area (Å²) in [5.41, 5.74) is 0.281. The number of hydrogen-bond acceptors (Lipinski definition) is 4. The normalized spacial score (nSPS) is 12.8. The molecule has 7 nitrogen and oxygen atoms in total. The Labute approximate surface area is 148 Å². The van der Waals surface area contributed by atoms with Gasteiger partial charge in [0.1, 0.15) is 0 Å². The molecule has 0 spiro atoms. The monoisotopic (exact) mass is 370 g/mol. The fourth-order valence-electron chi connectivity index (χ4n) is 2.12. The number of amides is 1. The molecule has 0 aliphatic heterocycles. The largest absolute Gasteiger partial charge is 0.481 e. The number of nitrogens with one attached hydrogen (secondary N) is 2. The van der Waals surface area contributed by atoms with Gasteiger partial charge in [-0.2, -0.15) is 0 Å². The minimum atomic E-state index is -3.60. The summed E-state index contributed by atoms with van der Waals surface area (Å²) in [5.74, 6) is -1.82. The number of carbonyl (C=O) groups excluding carboxylic acids is 1. The Kier molecular flexibility index (Phi) is 8.05. The van der Waals surface area contributed by atoms with Crippen LogP contribution in [-0.2, 0) is 14.8 Å². The van der Waals surface area contributed by atoms with Crippen LogP contribution < -0.4 is 10.0 Å². The van der Waals surface area contributed by atoms with Crippen molar-refractivity contribution in [2.45, 2.75) is 38.5 Å². The molecule has 1 atom stereocenters. The molecule has 1 unspecified atom stereocenters. The van der Waals surface area contributed by atoms with Crippen LogP contribution in [0.3, 0.4) is 0 Å². The van der Waals surface area contributed by atoms with E-state index in [1.54, 1.807) is 0 Å². The Balaban J connectivity index is 2.72. The molecule has 0 heterocycles. The summed E-state index contributed by atoms with van der Waals surface area (Å²) < 4.78 is 26.7. The molecule has 0 aliphatic rings. The zero-order valence-corrected chi connectivity index (χ0v) is 15.6. The molecule has 1 amide bonds. The molecule has 0 saturated carbocycles. The van der Waals surface area contributed by atoms with Crippen molar-refractivity contribution in [2.75, 3.05) is 13.1 Å². The topological polar surface area (TPSA) is 113 Å². The van der Waals surface area contributed by atoms with Crippen molar-refractivity contribution in [1.29, 1.82) is 0 Å². The average molecular weight is 370 g/mol. The highest BCUT2D eigenvalue weighted by atomic mass is 32.2.